The largest absolute Gasteiger partial charge is 0.456 e. The number of rotatable bonds is 6. The number of furan rings is 2. The minimum Gasteiger partial charge on any atom is -0.456 e. The van der Waals surface area contributed by atoms with Gasteiger partial charge in [-0.1, -0.05) is 133 Å². The monoisotopic (exact) mass is 717 g/mol. The Hall–Kier alpha value is -7.63. The fraction of sp³-hybridized carbons (Fsp3) is 0. The van der Waals surface area contributed by atoms with Gasteiger partial charge in [-0.3, -0.25) is 4.98 Å². The number of para-hydroxylation sites is 2. The van der Waals surface area contributed by atoms with Crippen LogP contribution in [0.1, 0.15) is 0 Å². The summed E-state index contributed by atoms with van der Waals surface area (Å²) < 4.78 is 12.9. The van der Waals surface area contributed by atoms with Crippen LogP contribution in [0.2, 0.25) is 0 Å². The van der Waals surface area contributed by atoms with Crippen molar-refractivity contribution in [2.45, 2.75) is 0 Å². The summed E-state index contributed by atoms with van der Waals surface area (Å²) in [6, 6.07) is 60.6. The van der Waals surface area contributed by atoms with Gasteiger partial charge in [0.25, 0.3) is 0 Å². The van der Waals surface area contributed by atoms with Gasteiger partial charge in [-0.15, -0.1) is 0 Å². The second kappa shape index (κ2) is 13.0. The third-order valence-corrected chi connectivity index (χ3v) is 10.6. The highest BCUT2D eigenvalue weighted by Crippen LogP contribution is 2.43. The molecule has 0 saturated heterocycles. The molecular formula is C51H31N3O2. The quantitative estimate of drug-likeness (QED) is 0.171. The minimum absolute atomic E-state index is 0.682. The third-order valence-electron chi connectivity index (χ3n) is 10.6. The van der Waals surface area contributed by atoms with E-state index in [0.29, 0.717) is 5.82 Å². The van der Waals surface area contributed by atoms with Crippen LogP contribution in [0.5, 0.6) is 0 Å². The van der Waals surface area contributed by atoms with Crippen LogP contribution >= 0.6 is 0 Å². The van der Waals surface area contributed by atoms with Crippen LogP contribution in [-0.2, 0) is 0 Å². The molecule has 0 aliphatic rings. The molecule has 11 rings (SSSR count). The molecule has 56 heavy (non-hydrogen) atoms. The second-order valence-corrected chi connectivity index (χ2v) is 14.0. The fourth-order valence-corrected chi connectivity index (χ4v) is 7.84. The number of hydrogen-bond donors (Lipinski definition) is 0. The SMILES string of the molecule is c1ccc(-c2nc(-c3ccc(-c4cccnc4)cc3)cc(-c3ccc(-c4ccc(-c5ccc6c(c5)oc5ccccc56)c5oc6ccccc6c45)cc3)n2)cc1. The first-order chi connectivity index (χ1) is 27.7. The van der Waals surface area contributed by atoms with Gasteiger partial charge in [0, 0.05) is 56.2 Å². The average molecular weight is 718 g/mol. The van der Waals surface area contributed by atoms with Crippen LogP contribution in [0.3, 0.4) is 0 Å². The van der Waals surface area contributed by atoms with Crippen molar-refractivity contribution in [1.29, 1.82) is 0 Å². The molecule has 0 bridgehead atoms. The summed E-state index contributed by atoms with van der Waals surface area (Å²) in [5, 5.41) is 4.38. The molecule has 262 valence electrons. The van der Waals surface area contributed by atoms with Crippen LogP contribution in [0.4, 0.5) is 0 Å². The zero-order valence-electron chi connectivity index (χ0n) is 30.1. The van der Waals surface area contributed by atoms with Crippen molar-refractivity contribution in [1.82, 2.24) is 15.0 Å². The Balaban J connectivity index is 1.00. The Labute approximate surface area is 322 Å². The summed E-state index contributed by atoms with van der Waals surface area (Å²) in [5.41, 5.74) is 14.6. The number of nitrogens with zero attached hydrogens (tertiary/aromatic N) is 3. The predicted molar refractivity (Wildman–Crippen MR) is 227 cm³/mol. The van der Waals surface area contributed by atoms with E-state index < -0.39 is 0 Å². The summed E-state index contributed by atoms with van der Waals surface area (Å²) in [4.78, 5) is 14.4. The summed E-state index contributed by atoms with van der Waals surface area (Å²) in [6.07, 6.45) is 3.67. The second-order valence-electron chi connectivity index (χ2n) is 14.0. The van der Waals surface area contributed by atoms with Crippen LogP contribution in [0.25, 0.3) is 111 Å². The lowest BCUT2D eigenvalue weighted by atomic mass is 9.93. The predicted octanol–water partition coefficient (Wildman–Crippen LogP) is 13.7. The highest BCUT2D eigenvalue weighted by molar-refractivity contribution is 6.17. The summed E-state index contributed by atoms with van der Waals surface area (Å²) in [7, 11) is 0. The van der Waals surface area contributed by atoms with Crippen molar-refractivity contribution < 1.29 is 8.83 Å². The number of benzene rings is 7. The van der Waals surface area contributed by atoms with E-state index in [9.17, 15) is 0 Å². The van der Waals surface area contributed by atoms with Gasteiger partial charge in [-0.2, -0.15) is 0 Å². The van der Waals surface area contributed by atoms with E-state index >= 15 is 0 Å². The molecule has 5 nitrogen and oxygen atoms in total. The topological polar surface area (TPSA) is 65.0 Å². The number of hydrogen-bond acceptors (Lipinski definition) is 5. The van der Waals surface area contributed by atoms with Crippen LogP contribution in [-0.4, -0.2) is 15.0 Å². The molecule has 5 heteroatoms. The van der Waals surface area contributed by atoms with Gasteiger partial charge in [-0.05, 0) is 70.3 Å². The van der Waals surface area contributed by atoms with Gasteiger partial charge in [0.2, 0.25) is 0 Å². The van der Waals surface area contributed by atoms with E-state index in [-0.39, 0.29) is 0 Å². The van der Waals surface area contributed by atoms with Crippen molar-refractivity contribution >= 4 is 43.9 Å². The molecule has 0 unspecified atom stereocenters. The molecule has 0 atom stereocenters. The lowest BCUT2D eigenvalue weighted by Gasteiger charge is -2.11. The molecule has 0 aliphatic carbocycles. The first kappa shape index (κ1) is 31.9. The van der Waals surface area contributed by atoms with Gasteiger partial charge < -0.3 is 8.83 Å². The molecule has 0 radical (unpaired) electrons. The molecule has 0 fully saturated rings. The molecular weight excluding hydrogens is 687 g/mol. The minimum atomic E-state index is 0.682. The molecule has 11 aromatic rings. The number of aromatic nitrogens is 3. The third kappa shape index (κ3) is 5.45. The molecule has 0 N–H and O–H groups in total. The zero-order chi connectivity index (χ0) is 37.0. The van der Waals surface area contributed by atoms with Gasteiger partial charge in [0.15, 0.2) is 5.82 Å². The standard InChI is InChI=1S/C51H31N3O2/c1-2-9-36(10-3-1)51-53-44(34-20-16-32(17-21-34)38-11-8-28-52-31-38)30-45(54-51)35-22-18-33(19-23-35)39-26-27-40(50-49(39)43-13-5-7-15-47(43)56-50)37-24-25-42-41-12-4-6-14-46(41)55-48(42)29-37/h1-31H. The van der Waals surface area contributed by atoms with E-state index in [4.69, 9.17) is 18.8 Å². The normalized spacial score (nSPS) is 11.6. The van der Waals surface area contributed by atoms with E-state index in [1.165, 1.54) is 0 Å². The van der Waals surface area contributed by atoms with Crippen molar-refractivity contribution in [2.24, 2.45) is 0 Å². The van der Waals surface area contributed by atoms with Gasteiger partial charge in [-0.25, -0.2) is 9.97 Å². The van der Waals surface area contributed by atoms with Crippen LogP contribution in [0.15, 0.2) is 197 Å². The molecule has 0 saturated carbocycles. The number of pyridine rings is 1. The molecule has 0 aliphatic heterocycles. The molecule has 7 aromatic carbocycles. The Morgan fingerprint density at radius 1 is 0.357 bits per heavy atom. The lowest BCUT2D eigenvalue weighted by Crippen LogP contribution is -1.96. The first-order valence-electron chi connectivity index (χ1n) is 18.7. The molecule has 4 aromatic heterocycles. The Morgan fingerprint density at radius 2 is 0.946 bits per heavy atom. The maximum atomic E-state index is 6.66. The van der Waals surface area contributed by atoms with Crippen LogP contribution in [0, 0.1) is 0 Å². The van der Waals surface area contributed by atoms with Crippen molar-refractivity contribution in [2.75, 3.05) is 0 Å². The van der Waals surface area contributed by atoms with E-state index in [0.717, 1.165) is 105 Å². The molecule has 0 amide bonds. The van der Waals surface area contributed by atoms with Crippen LogP contribution < -0.4 is 0 Å². The van der Waals surface area contributed by atoms with Crippen molar-refractivity contribution in [3.63, 3.8) is 0 Å². The zero-order valence-corrected chi connectivity index (χ0v) is 30.1. The smallest absolute Gasteiger partial charge is 0.160 e. The highest BCUT2D eigenvalue weighted by Gasteiger charge is 2.19. The summed E-state index contributed by atoms with van der Waals surface area (Å²) in [5.74, 6) is 0.682. The number of fused-ring (bicyclic) bond motifs is 6. The van der Waals surface area contributed by atoms with E-state index in [1.54, 1.807) is 6.20 Å². The van der Waals surface area contributed by atoms with E-state index in [2.05, 4.69) is 126 Å². The van der Waals surface area contributed by atoms with Crippen molar-refractivity contribution in [3.05, 3.63) is 188 Å². The molecule has 4 heterocycles. The van der Waals surface area contributed by atoms with Gasteiger partial charge in [0.05, 0.1) is 11.4 Å². The van der Waals surface area contributed by atoms with E-state index in [1.807, 2.05) is 60.8 Å². The fourth-order valence-electron chi connectivity index (χ4n) is 7.84. The average Bonchev–Trinajstić information content (AvgIpc) is 3.85. The maximum Gasteiger partial charge on any atom is 0.160 e. The lowest BCUT2D eigenvalue weighted by molar-refractivity contribution is 0.668. The molecule has 0 spiro atoms. The van der Waals surface area contributed by atoms with Gasteiger partial charge in [0.1, 0.15) is 22.3 Å². The highest BCUT2D eigenvalue weighted by atomic mass is 16.3. The summed E-state index contributed by atoms with van der Waals surface area (Å²) in [6.45, 7) is 0. The Bertz CT molecular complexity index is 3220. The summed E-state index contributed by atoms with van der Waals surface area (Å²) >= 11 is 0. The van der Waals surface area contributed by atoms with Gasteiger partial charge >= 0.3 is 0 Å². The maximum absolute atomic E-state index is 6.66. The Kier molecular flexibility index (Phi) is 7.42. The van der Waals surface area contributed by atoms with Crippen molar-refractivity contribution in [3.8, 4) is 67.3 Å². The first-order valence-corrected chi connectivity index (χ1v) is 18.7. The Morgan fingerprint density at radius 3 is 1.68 bits per heavy atom.